The lowest BCUT2D eigenvalue weighted by molar-refractivity contribution is -0.217. The number of hydrogen-bond donors (Lipinski definition) is 0. The van der Waals surface area contributed by atoms with Crippen molar-refractivity contribution in [1.29, 1.82) is 0 Å². The Labute approximate surface area is 130 Å². The standard InChI is InChI=1S/C15H20N2O4S/c1-11-10-16(3)14(18)15(2)9-13(21-17(11)15)22(19,20)12-7-5-4-6-8-12/h4-8,11,13H,9-10H2,1-3H3/t11-,13-,15-/m0/s1. The molecule has 2 heterocycles. The number of nitrogens with zero attached hydrogens (tertiary/aromatic N) is 2. The van der Waals surface area contributed by atoms with Crippen LogP contribution >= 0.6 is 0 Å². The summed E-state index contributed by atoms with van der Waals surface area (Å²) in [6.45, 7) is 4.20. The van der Waals surface area contributed by atoms with Crippen LogP contribution in [0.2, 0.25) is 0 Å². The van der Waals surface area contributed by atoms with Crippen LogP contribution in [0.25, 0.3) is 0 Å². The van der Waals surface area contributed by atoms with Crippen molar-refractivity contribution in [3.63, 3.8) is 0 Å². The summed E-state index contributed by atoms with van der Waals surface area (Å²) in [5, 5.41) is 1.57. The van der Waals surface area contributed by atoms with E-state index in [1.54, 1.807) is 54.3 Å². The number of amides is 1. The van der Waals surface area contributed by atoms with E-state index in [0.717, 1.165) is 0 Å². The lowest BCUT2D eigenvalue weighted by Gasteiger charge is -2.44. The zero-order chi connectivity index (χ0) is 16.1. The summed E-state index contributed by atoms with van der Waals surface area (Å²) in [6, 6.07) is 8.17. The van der Waals surface area contributed by atoms with Gasteiger partial charge < -0.3 is 4.90 Å². The summed E-state index contributed by atoms with van der Waals surface area (Å²) in [5.74, 6) is -0.101. The van der Waals surface area contributed by atoms with Gasteiger partial charge in [-0.1, -0.05) is 18.2 Å². The fourth-order valence-electron chi connectivity index (χ4n) is 3.36. The Morgan fingerprint density at radius 3 is 2.55 bits per heavy atom. The third-order valence-corrected chi connectivity index (χ3v) is 6.32. The maximum atomic E-state index is 12.7. The number of rotatable bonds is 2. The van der Waals surface area contributed by atoms with Crippen LogP contribution in [0.15, 0.2) is 35.2 Å². The zero-order valence-electron chi connectivity index (χ0n) is 12.9. The van der Waals surface area contributed by atoms with Gasteiger partial charge in [0.15, 0.2) is 5.44 Å². The number of benzene rings is 1. The molecule has 3 atom stereocenters. The summed E-state index contributed by atoms with van der Waals surface area (Å²) < 4.78 is 25.5. The zero-order valence-corrected chi connectivity index (χ0v) is 13.7. The van der Waals surface area contributed by atoms with Gasteiger partial charge in [0.05, 0.1) is 10.9 Å². The molecule has 2 aliphatic rings. The van der Waals surface area contributed by atoms with Crippen LogP contribution in [0, 0.1) is 0 Å². The second-order valence-corrected chi connectivity index (χ2v) is 8.32. The van der Waals surface area contributed by atoms with Crippen molar-refractivity contribution in [2.75, 3.05) is 13.6 Å². The normalized spacial score (nSPS) is 33.0. The summed E-state index contributed by atoms with van der Waals surface area (Å²) in [6.07, 6.45) is 0.137. The van der Waals surface area contributed by atoms with E-state index in [0.29, 0.717) is 6.54 Å². The Kier molecular flexibility index (Phi) is 3.54. The quantitative estimate of drug-likeness (QED) is 0.813. The molecule has 1 aromatic rings. The topological polar surface area (TPSA) is 66.9 Å². The van der Waals surface area contributed by atoms with E-state index in [4.69, 9.17) is 4.84 Å². The van der Waals surface area contributed by atoms with Crippen LogP contribution in [0.1, 0.15) is 20.3 Å². The summed E-state index contributed by atoms with van der Waals surface area (Å²) in [5.41, 5.74) is -1.96. The first kappa shape index (κ1) is 15.5. The highest BCUT2D eigenvalue weighted by Crippen LogP contribution is 2.40. The Balaban J connectivity index is 1.96. The molecule has 0 spiro atoms. The van der Waals surface area contributed by atoms with Crippen molar-refractivity contribution >= 4 is 15.7 Å². The average molecular weight is 324 g/mol. The molecule has 0 saturated carbocycles. The fraction of sp³-hybridized carbons (Fsp3) is 0.533. The minimum atomic E-state index is -3.63. The second-order valence-electron chi connectivity index (χ2n) is 6.23. The van der Waals surface area contributed by atoms with Crippen LogP contribution in [-0.4, -0.2) is 54.9 Å². The molecule has 1 aromatic carbocycles. The molecule has 1 amide bonds. The SMILES string of the molecule is C[C@H]1CN(C)C(=O)[C@]2(C)C[C@H](S(=O)(=O)c3ccccc3)ON12. The molecule has 0 radical (unpaired) electrons. The predicted octanol–water partition coefficient (Wildman–Crippen LogP) is 1.04. The molecule has 22 heavy (non-hydrogen) atoms. The van der Waals surface area contributed by atoms with Crippen LogP contribution < -0.4 is 0 Å². The molecule has 0 N–H and O–H groups in total. The summed E-state index contributed by atoms with van der Waals surface area (Å²) in [7, 11) is -1.90. The van der Waals surface area contributed by atoms with Gasteiger partial charge in [-0.3, -0.25) is 9.63 Å². The van der Waals surface area contributed by atoms with E-state index in [9.17, 15) is 13.2 Å². The lowest BCUT2D eigenvalue weighted by atomic mass is 9.93. The minimum absolute atomic E-state index is 0.0522. The van der Waals surface area contributed by atoms with Crippen molar-refractivity contribution < 1.29 is 18.0 Å². The molecule has 3 rings (SSSR count). The highest BCUT2D eigenvalue weighted by atomic mass is 32.2. The number of hydrogen-bond acceptors (Lipinski definition) is 5. The van der Waals surface area contributed by atoms with E-state index in [2.05, 4.69) is 0 Å². The van der Waals surface area contributed by atoms with Gasteiger partial charge in [-0.05, 0) is 26.0 Å². The number of piperazine rings is 1. The van der Waals surface area contributed by atoms with E-state index < -0.39 is 20.8 Å². The van der Waals surface area contributed by atoms with Gasteiger partial charge >= 0.3 is 0 Å². The molecule has 0 aliphatic carbocycles. The number of hydroxylamine groups is 2. The number of carbonyl (C=O) groups excluding carboxylic acids is 1. The van der Waals surface area contributed by atoms with Gasteiger partial charge in [0.25, 0.3) is 0 Å². The van der Waals surface area contributed by atoms with E-state index in [1.165, 1.54) is 0 Å². The maximum Gasteiger partial charge on any atom is 0.245 e. The minimum Gasteiger partial charge on any atom is -0.342 e. The predicted molar refractivity (Wildman–Crippen MR) is 80.5 cm³/mol. The molecule has 120 valence electrons. The van der Waals surface area contributed by atoms with Crippen molar-refractivity contribution in [3.05, 3.63) is 30.3 Å². The van der Waals surface area contributed by atoms with Crippen molar-refractivity contribution in [1.82, 2.24) is 9.96 Å². The molecule has 2 fully saturated rings. The first-order valence-electron chi connectivity index (χ1n) is 7.27. The first-order valence-corrected chi connectivity index (χ1v) is 8.82. The van der Waals surface area contributed by atoms with Crippen molar-refractivity contribution in [3.8, 4) is 0 Å². The second kappa shape index (κ2) is 5.04. The smallest absolute Gasteiger partial charge is 0.245 e. The van der Waals surface area contributed by atoms with E-state index in [1.807, 2.05) is 6.92 Å². The highest BCUT2D eigenvalue weighted by molar-refractivity contribution is 7.92. The highest BCUT2D eigenvalue weighted by Gasteiger charge is 2.58. The largest absolute Gasteiger partial charge is 0.342 e. The van der Waals surface area contributed by atoms with E-state index in [-0.39, 0.29) is 23.3 Å². The third-order valence-electron chi connectivity index (χ3n) is 4.45. The monoisotopic (exact) mass is 324 g/mol. The van der Waals surface area contributed by atoms with Gasteiger partial charge in [0, 0.05) is 20.0 Å². The van der Waals surface area contributed by atoms with Crippen LogP contribution in [0.5, 0.6) is 0 Å². The average Bonchev–Trinajstić information content (AvgIpc) is 2.86. The third kappa shape index (κ3) is 2.15. The Morgan fingerprint density at radius 1 is 1.27 bits per heavy atom. The van der Waals surface area contributed by atoms with Crippen LogP contribution in [-0.2, 0) is 19.5 Å². The summed E-state index contributed by atoms with van der Waals surface area (Å²) >= 11 is 0. The molecule has 2 aliphatic heterocycles. The molecular formula is C15H20N2O4S. The van der Waals surface area contributed by atoms with Crippen LogP contribution in [0.3, 0.4) is 0 Å². The maximum absolute atomic E-state index is 12.7. The molecule has 0 aromatic heterocycles. The number of fused-ring (bicyclic) bond motifs is 1. The van der Waals surface area contributed by atoms with Crippen molar-refractivity contribution in [2.45, 2.75) is 42.2 Å². The van der Waals surface area contributed by atoms with Gasteiger partial charge in [0.2, 0.25) is 15.7 Å². The Hall–Kier alpha value is -1.44. The Bertz CT molecular complexity index is 691. The number of sulfone groups is 1. The molecule has 0 unspecified atom stereocenters. The molecule has 2 saturated heterocycles. The van der Waals surface area contributed by atoms with E-state index >= 15 is 0 Å². The fourth-order valence-corrected chi connectivity index (χ4v) is 4.95. The number of carbonyl (C=O) groups is 1. The molecule has 7 heteroatoms. The molecular weight excluding hydrogens is 304 g/mol. The van der Waals surface area contributed by atoms with Crippen LogP contribution in [0.4, 0.5) is 0 Å². The van der Waals surface area contributed by atoms with Gasteiger partial charge in [0.1, 0.15) is 5.54 Å². The Morgan fingerprint density at radius 2 is 1.91 bits per heavy atom. The summed E-state index contributed by atoms with van der Waals surface area (Å²) in [4.78, 5) is 20.1. The lowest BCUT2D eigenvalue weighted by Crippen LogP contribution is -2.63. The first-order chi connectivity index (χ1) is 10.3. The van der Waals surface area contributed by atoms with Crippen molar-refractivity contribution in [2.24, 2.45) is 0 Å². The van der Waals surface area contributed by atoms with Gasteiger partial charge in [-0.25, -0.2) is 8.42 Å². The molecule has 6 nitrogen and oxygen atoms in total. The van der Waals surface area contributed by atoms with Gasteiger partial charge in [-0.15, -0.1) is 0 Å². The van der Waals surface area contributed by atoms with Gasteiger partial charge in [-0.2, -0.15) is 5.06 Å². The number of likely N-dealkylation sites (N-methyl/N-ethyl adjacent to an activating group) is 1. The molecule has 0 bridgehead atoms.